The van der Waals surface area contributed by atoms with Crippen LogP contribution in [-0.2, 0) is 5.75 Å². The van der Waals surface area contributed by atoms with Gasteiger partial charge in [-0.1, -0.05) is 72.4 Å². The molecule has 0 spiro atoms. The van der Waals surface area contributed by atoms with Gasteiger partial charge >= 0.3 is 0 Å². The van der Waals surface area contributed by atoms with Gasteiger partial charge in [-0.05, 0) is 23.8 Å². The molecule has 0 amide bonds. The molecule has 2 aromatic heterocycles. The largest absolute Gasteiger partial charge is 0.268 e. The van der Waals surface area contributed by atoms with Crippen LogP contribution in [0.2, 0.25) is 0 Å². The smallest absolute Gasteiger partial charge is 0.264 e. The van der Waals surface area contributed by atoms with Gasteiger partial charge in [-0.15, -0.1) is 10.2 Å². The van der Waals surface area contributed by atoms with Crippen molar-refractivity contribution in [3.05, 3.63) is 101 Å². The normalized spacial score (nSPS) is 10.9. The molecule has 0 radical (unpaired) electrons. The highest BCUT2D eigenvalue weighted by atomic mass is 32.2. The topological polar surface area (TPSA) is 65.0 Å². The highest BCUT2D eigenvalue weighted by Gasteiger charge is 2.20. The number of aromatic nitrogens is 4. The fourth-order valence-electron chi connectivity index (χ4n) is 3.48. The van der Waals surface area contributed by atoms with Gasteiger partial charge in [-0.3, -0.25) is 9.36 Å². The molecule has 31 heavy (non-hydrogen) atoms. The number of carbonyl (C=O) groups is 1. The van der Waals surface area contributed by atoms with Crippen molar-refractivity contribution in [3.8, 4) is 0 Å². The van der Waals surface area contributed by atoms with Gasteiger partial charge in [0.1, 0.15) is 5.52 Å². The van der Waals surface area contributed by atoms with Crippen molar-refractivity contribution in [2.45, 2.75) is 10.9 Å². The van der Waals surface area contributed by atoms with Crippen LogP contribution >= 0.6 is 11.8 Å². The number of nitrogens with zero attached hydrogens (tertiary/aromatic N) is 5. The van der Waals surface area contributed by atoms with Crippen molar-refractivity contribution in [2.24, 2.45) is 0 Å². The average Bonchev–Trinajstić information content (AvgIpc) is 3.16. The summed E-state index contributed by atoms with van der Waals surface area (Å²) in [5.74, 6) is 0.375. The van der Waals surface area contributed by atoms with E-state index in [1.54, 1.807) is 22.8 Å². The lowest BCUT2D eigenvalue weighted by molar-refractivity contribution is 0.0969. The van der Waals surface area contributed by atoms with E-state index < -0.39 is 0 Å². The average molecular weight is 421 g/mol. The van der Waals surface area contributed by atoms with E-state index >= 15 is 0 Å². The molecule has 0 N–H and O–H groups in total. The van der Waals surface area contributed by atoms with Crippen LogP contribution in [0, 0.1) is 6.57 Å². The summed E-state index contributed by atoms with van der Waals surface area (Å²) in [7, 11) is 0. The van der Waals surface area contributed by atoms with Crippen LogP contribution in [0.5, 0.6) is 0 Å². The standard InChI is InChI=1S/C24H15N5OS/c1-25-19-13-7-5-11-17(19)15-31-24-26-22-21(27-28-24)18-12-6-8-14-20(18)29(22)23(30)16-9-3-2-4-10-16/h2-14H,15H2. The van der Waals surface area contributed by atoms with E-state index in [2.05, 4.69) is 20.0 Å². The highest BCUT2D eigenvalue weighted by Crippen LogP contribution is 2.30. The molecular formula is C24H15N5OS. The van der Waals surface area contributed by atoms with Gasteiger partial charge in [-0.25, -0.2) is 9.83 Å². The maximum Gasteiger partial charge on any atom is 0.264 e. The molecule has 6 nitrogen and oxygen atoms in total. The summed E-state index contributed by atoms with van der Waals surface area (Å²) in [6.07, 6.45) is 0. The molecule has 3 aromatic carbocycles. The summed E-state index contributed by atoms with van der Waals surface area (Å²) in [6.45, 7) is 7.33. The number of carbonyl (C=O) groups excluding carboxylic acids is 1. The van der Waals surface area contributed by atoms with E-state index in [0.717, 1.165) is 16.5 Å². The van der Waals surface area contributed by atoms with Crippen molar-refractivity contribution >= 4 is 45.4 Å². The number of fused-ring (bicyclic) bond motifs is 3. The predicted octanol–water partition coefficient (Wildman–Crippen LogP) is 5.51. The van der Waals surface area contributed by atoms with Crippen LogP contribution < -0.4 is 0 Å². The molecule has 2 heterocycles. The Morgan fingerprint density at radius 2 is 1.68 bits per heavy atom. The third-order valence-electron chi connectivity index (χ3n) is 4.95. The minimum Gasteiger partial charge on any atom is -0.268 e. The molecule has 0 fully saturated rings. The molecular weight excluding hydrogens is 406 g/mol. The Morgan fingerprint density at radius 1 is 0.935 bits per heavy atom. The lowest BCUT2D eigenvalue weighted by atomic mass is 10.2. The number of thioether (sulfide) groups is 1. The maximum absolute atomic E-state index is 13.3. The Labute approximate surface area is 182 Å². The Hall–Kier alpha value is -4.02. The fourth-order valence-corrected chi connectivity index (χ4v) is 4.26. The van der Waals surface area contributed by atoms with Crippen LogP contribution in [0.3, 0.4) is 0 Å². The van der Waals surface area contributed by atoms with Crippen molar-refractivity contribution in [3.63, 3.8) is 0 Å². The first kappa shape index (κ1) is 19.0. The quantitative estimate of drug-likeness (QED) is 0.283. The van der Waals surface area contributed by atoms with Crippen LogP contribution in [0.25, 0.3) is 26.9 Å². The summed E-state index contributed by atoms with van der Waals surface area (Å²) < 4.78 is 1.60. The third kappa shape index (κ3) is 3.43. The van der Waals surface area contributed by atoms with E-state index in [9.17, 15) is 4.79 Å². The van der Waals surface area contributed by atoms with Gasteiger partial charge in [-0.2, -0.15) is 0 Å². The molecule has 0 aliphatic carbocycles. The van der Waals surface area contributed by atoms with Crippen molar-refractivity contribution in [2.75, 3.05) is 0 Å². The number of para-hydroxylation sites is 2. The lowest BCUT2D eigenvalue weighted by Crippen LogP contribution is -2.12. The van der Waals surface area contributed by atoms with Gasteiger partial charge in [0, 0.05) is 16.7 Å². The molecule has 0 saturated carbocycles. The Bertz CT molecular complexity index is 1470. The van der Waals surface area contributed by atoms with E-state index in [4.69, 9.17) is 6.57 Å². The summed E-state index contributed by atoms with van der Waals surface area (Å²) in [4.78, 5) is 21.6. The molecule has 0 bridgehead atoms. The Morgan fingerprint density at radius 3 is 2.52 bits per heavy atom. The SMILES string of the molecule is [C-]#[N+]c1ccccc1CSc1nnc2c3ccccc3n(C(=O)c3ccccc3)c2n1. The van der Waals surface area contributed by atoms with Crippen molar-refractivity contribution in [1.29, 1.82) is 0 Å². The van der Waals surface area contributed by atoms with Crippen molar-refractivity contribution in [1.82, 2.24) is 19.7 Å². The molecule has 0 aliphatic rings. The zero-order valence-electron chi connectivity index (χ0n) is 16.3. The number of rotatable bonds is 4. The minimum absolute atomic E-state index is 0.165. The molecule has 0 saturated heterocycles. The number of benzene rings is 3. The maximum atomic E-state index is 13.3. The summed E-state index contributed by atoms with van der Waals surface area (Å²) in [5.41, 5.74) is 3.90. The van der Waals surface area contributed by atoms with Crippen molar-refractivity contribution < 1.29 is 4.79 Å². The predicted molar refractivity (Wildman–Crippen MR) is 121 cm³/mol. The molecule has 0 unspecified atom stereocenters. The van der Waals surface area contributed by atoms with Crippen LogP contribution in [0.1, 0.15) is 15.9 Å². The third-order valence-corrected chi connectivity index (χ3v) is 5.84. The molecule has 7 heteroatoms. The van der Waals surface area contributed by atoms with Gasteiger partial charge in [0.15, 0.2) is 11.3 Å². The van der Waals surface area contributed by atoms with Gasteiger partial charge in [0.25, 0.3) is 5.91 Å². The molecule has 148 valence electrons. The molecule has 5 aromatic rings. The first-order valence-electron chi connectivity index (χ1n) is 9.58. The van der Waals surface area contributed by atoms with E-state index in [0.29, 0.717) is 33.3 Å². The second-order valence-corrected chi connectivity index (χ2v) is 7.76. The second kappa shape index (κ2) is 8.01. The zero-order valence-corrected chi connectivity index (χ0v) is 17.1. The van der Waals surface area contributed by atoms with Gasteiger partial charge < -0.3 is 0 Å². The lowest BCUT2D eigenvalue weighted by Gasteiger charge is -2.06. The minimum atomic E-state index is -0.165. The second-order valence-electron chi connectivity index (χ2n) is 6.82. The molecule has 0 aliphatic heterocycles. The van der Waals surface area contributed by atoms with Gasteiger partial charge in [0.2, 0.25) is 5.16 Å². The summed E-state index contributed by atoms with van der Waals surface area (Å²) in [6, 6.07) is 24.2. The number of hydrogen-bond acceptors (Lipinski definition) is 5. The zero-order chi connectivity index (χ0) is 21.2. The van der Waals surface area contributed by atoms with E-state index in [1.807, 2.05) is 60.7 Å². The number of hydrogen-bond donors (Lipinski definition) is 0. The Balaban J connectivity index is 1.60. The van der Waals surface area contributed by atoms with Gasteiger partial charge in [0.05, 0.1) is 12.1 Å². The molecule has 0 atom stereocenters. The van der Waals surface area contributed by atoms with E-state index in [1.165, 1.54) is 11.8 Å². The molecule has 5 rings (SSSR count). The Kier molecular flexibility index (Phi) is 4.90. The summed E-state index contributed by atoms with van der Waals surface area (Å²) >= 11 is 1.39. The fraction of sp³-hybridized carbons (Fsp3) is 0.0417. The van der Waals surface area contributed by atoms with Crippen LogP contribution in [0.4, 0.5) is 5.69 Å². The van der Waals surface area contributed by atoms with Crippen LogP contribution in [0.15, 0.2) is 84.0 Å². The first-order chi connectivity index (χ1) is 15.3. The first-order valence-corrected chi connectivity index (χ1v) is 10.6. The summed E-state index contributed by atoms with van der Waals surface area (Å²) in [5, 5.41) is 9.95. The monoisotopic (exact) mass is 421 g/mol. The van der Waals surface area contributed by atoms with Crippen LogP contribution in [-0.4, -0.2) is 25.7 Å². The highest BCUT2D eigenvalue weighted by molar-refractivity contribution is 7.98. The van der Waals surface area contributed by atoms with E-state index in [-0.39, 0.29) is 5.91 Å².